The first-order valence-corrected chi connectivity index (χ1v) is 9.13. The predicted molar refractivity (Wildman–Crippen MR) is 104 cm³/mol. The maximum Gasteiger partial charge on any atom is 0.351 e. The molecule has 1 atom stereocenters. The number of carbonyl (C=O) groups is 1. The largest absolute Gasteiger partial charge is 0.477 e. The summed E-state index contributed by atoms with van der Waals surface area (Å²) < 4.78 is 0. The van der Waals surface area contributed by atoms with Crippen molar-refractivity contribution in [1.82, 2.24) is 10.3 Å². The highest BCUT2D eigenvalue weighted by atomic mass is 16.4. The predicted octanol–water partition coefficient (Wildman–Crippen LogP) is 3.51. The van der Waals surface area contributed by atoms with Crippen LogP contribution in [0.2, 0.25) is 0 Å². The van der Waals surface area contributed by atoms with E-state index in [-0.39, 0.29) is 11.7 Å². The van der Waals surface area contributed by atoms with E-state index in [0.29, 0.717) is 5.56 Å². The number of hydrogen-bond acceptors (Lipinski definition) is 3. The lowest BCUT2D eigenvalue weighted by Gasteiger charge is -2.10. The normalized spacial score (nSPS) is 15.7. The third kappa shape index (κ3) is 4.20. The number of hydrogen-bond donors (Lipinski definition) is 4. The molecule has 4 N–H and O–H groups in total. The molecule has 1 unspecified atom stereocenters. The average Bonchev–Trinajstić information content (AvgIpc) is 3.38. The number of rotatable bonds is 7. The second kappa shape index (κ2) is 7.29. The quantitative estimate of drug-likeness (QED) is 0.485. The minimum atomic E-state index is -1.05. The van der Waals surface area contributed by atoms with Gasteiger partial charge in [0.15, 0.2) is 0 Å². The number of aromatic nitrogens is 1. The molecule has 3 aromatic rings. The summed E-state index contributed by atoms with van der Waals surface area (Å²) in [5.41, 5.74) is 4.05. The van der Waals surface area contributed by atoms with Crippen LogP contribution in [0.3, 0.4) is 0 Å². The Balaban J connectivity index is 1.56. The minimum Gasteiger partial charge on any atom is -0.477 e. The molecule has 5 nitrogen and oxygen atoms in total. The van der Waals surface area contributed by atoms with Gasteiger partial charge in [0, 0.05) is 29.1 Å². The Morgan fingerprint density at radius 3 is 2.67 bits per heavy atom. The van der Waals surface area contributed by atoms with Crippen molar-refractivity contribution in [2.75, 3.05) is 0 Å². The van der Waals surface area contributed by atoms with Crippen molar-refractivity contribution in [3.8, 4) is 0 Å². The minimum absolute atomic E-state index is 0.0592. The summed E-state index contributed by atoms with van der Waals surface area (Å²) >= 11 is 0. The van der Waals surface area contributed by atoms with E-state index in [0.717, 1.165) is 35.9 Å². The van der Waals surface area contributed by atoms with Gasteiger partial charge in [-0.1, -0.05) is 36.4 Å². The Bertz CT molecular complexity index is 987. The van der Waals surface area contributed by atoms with Gasteiger partial charge in [-0.2, -0.15) is 0 Å². The van der Waals surface area contributed by atoms with Crippen LogP contribution < -0.4 is 5.32 Å². The first-order chi connectivity index (χ1) is 13.1. The van der Waals surface area contributed by atoms with Crippen LogP contribution in [0.15, 0.2) is 66.4 Å². The number of fused-ring (bicyclic) bond motifs is 1. The van der Waals surface area contributed by atoms with Crippen LogP contribution in [0.1, 0.15) is 35.8 Å². The maximum absolute atomic E-state index is 11.4. The van der Waals surface area contributed by atoms with Gasteiger partial charge in [0.1, 0.15) is 5.70 Å². The molecule has 1 aliphatic rings. The highest BCUT2D eigenvalue weighted by Crippen LogP contribution is 2.25. The third-order valence-corrected chi connectivity index (χ3v) is 4.77. The lowest BCUT2D eigenvalue weighted by Crippen LogP contribution is -2.23. The highest BCUT2D eigenvalue weighted by molar-refractivity contribution is 5.86. The fourth-order valence-corrected chi connectivity index (χ4v) is 3.19. The number of H-pyrrole nitrogens is 1. The van der Waals surface area contributed by atoms with Gasteiger partial charge in [0.2, 0.25) is 0 Å². The van der Waals surface area contributed by atoms with Crippen molar-refractivity contribution in [3.05, 3.63) is 83.2 Å². The van der Waals surface area contributed by atoms with Gasteiger partial charge in [-0.05, 0) is 48.2 Å². The van der Waals surface area contributed by atoms with Gasteiger partial charge < -0.3 is 20.5 Å². The second-order valence-corrected chi connectivity index (χ2v) is 7.05. The van der Waals surface area contributed by atoms with Gasteiger partial charge in [-0.3, -0.25) is 0 Å². The zero-order valence-corrected chi connectivity index (χ0v) is 14.9. The molecule has 1 aliphatic carbocycles. The number of aromatic amines is 1. The fourth-order valence-electron chi connectivity index (χ4n) is 3.19. The number of aliphatic hydroxyl groups excluding tert-OH is 1. The fraction of sp³-hybridized carbons (Fsp3) is 0.227. The first-order valence-electron chi connectivity index (χ1n) is 9.13. The molecular weight excluding hydrogens is 340 g/mol. The van der Waals surface area contributed by atoms with Crippen molar-refractivity contribution < 1.29 is 15.0 Å². The third-order valence-electron chi connectivity index (χ3n) is 4.77. The number of nitrogens with one attached hydrogen (secondary N) is 2. The van der Waals surface area contributed by atoms with Crippen LogP contribution >= 0.6 is 0 Å². The molecule has 0 radical (unpaired) electrons. The summed E-state index contributed by atoms with van der Waals surface area (Å²) in [6.45, 7) is 0. The lowest BCUT2D eigenvalue weighted by atomic mass is 10.1. The zero-order valence-electron chi connectivity index (χ0n) is 14.9. The highest BCUT2D eigenvalue weighted by Gasteiger charge is 2.24. The van der Waals surface area contributed by atoms with E-state index in [2.05, 4.69) is 28.5 Å². The van der Waals surface area contributed by atoms with Crippen LogP contribution in [-0.4, -0.2) is 27.2 Å². The van der Waals surface area contributed by atoms with E-state index in [1.54, 1.807) is 0 Å². The van der Waals surface area contributed by atoms with Crippen molar-refractivity contribution in [3.63, 3.8) is 0 Å². The van der Waals surface area contributed by atoms with E-state index in [9.17, 15) is 15.0 Å². The standard InChI is InChI=1S/C22H22N2O3/c25-21(13-20(22(26)27)23-17-7-8-17)15-6-9-19-16(11-15)12-18(24-19)10-14-4-2-1-3-5-14/h1-6,9,11-13,17,21,23-25H,7-8,10H2,(H,26,27)/b20-13+. The van der Waals surface area contributed by atoms with Crippen LogP contribution in [0, 0.1) is 0 Å². The Kier molecular flexibility index (Phi) is 4.69. The second-order valence-electron chi connectivity index (χ2n) is 7.05. The molecule has 4 rings (SSSR count). The summed E-state index contributed by atoms with van der Waals surface area (Å²) in [6.07, 6.45) is 3.15. The molecule has 0 spiro atoms. The summed E-state index contributed by atoms with van der Waals surface area (Å²) in [5, 5.41) is 23.8. The van der Waals surface area contributed by atoms with E-state index in [1.165, 1.54) is 11.6 Å². The summed E-state index contributed by atoms with van der Waals surface area (Å²) in [6, 6.07) is 18.2. The topological polar surface area (TPSA) is 85.3 Å². The van der Waals surface area contributed by atoms with Crippen molar-refractivity contribution in [2.24, 2.45) is 0 Å². The van der Waals surface area contributed by atoms with E-state index in [4.69, 9.17) is 0 Å². The Morgan fingerprint density at radius 2 is 1.96 bits per heavy atom. The van der Waals surface area contributed by atoms with Crippen LogP contribution in [0.5, 0.6) is 0 Å². The van der Waals surface area contributed by atoms with Crippen LogP contribution in [-0.2, 0) is 11.2 Å². The number of benzene rings is 2. The van der Waals surface area contributed by atoms with E-state index >= 15 is 0 Å². The molecule has 27 heavy (non-hydrogen) atoms. The SMILES string of the molecule is O=C(O)/C(=C\C(O)c1ccc2[nH]c(Cc3ccccc3)cc2c1)NC1CC1. The molecule has 5 heteroatoms. The van der Waals surface area contributed by atoms with Crippen molar-refractivity contribution in [2.45, 2.75) is 31.4 Å². The molecule has 1 heterocycles. The van der Waals surface area contributed by atoms with Gasteiger partial charge >= 0.3 is 5.97 Å². The first kappa shape index (κ1) is 17.4. The van der Waals surface area contributed by atoms with Crippen LogP contribution in [0.25, 0.3) is 10.9 Å². The zero-order chi connectivity index (χ0) is 18.8. The van der Waals surface area contributed by atoms with Gasteiger partial charge in [0.05, 0.1) is 6.10 Å². The summed E-state index contributed by atoms with van der Waals surface area (Å²) in [7, 11) is 0. The van der Waals surface area contributed by atoms with Crippen LogP contribution in [0.4, 0.5) is 0 Å². The molecule has 2 aromatic carbocycles. The van der Waals surface area contributed by atoms with Crippen molar-refractivity contribution >= 4 is 16.9 Å². The number of aliphatic hydroxyl groups is 1. The monoisotopic (exact) mass is 362 g/mol. The molecule has 138 valence electrons. The lowest BCUT2D eigenvalue weighted by molar-refractivity contribution is -0.133. The molecule has 1 aromatic heterocycles. The molecular formula is C22H22N2O3. The number of carboxylic acids is 1. The smallest absolute Gasteiger partial charge is 0.351 e. The van der Waals surface area contributed by atoms with E-state index in [1.807, 2.05) is 36.4 Å². The Hall–Kier alpha value is -3.05. The van der Waals surface area contributed by atoms with Gasteiger partial charge in [-0.15, -0.1) is 0 Å². The summed E-state index contributed by atoms with van der Waals surface area (Å²) in [5.74, 6) is -1.05. The molecule has 0 bridgehead atoms. The Morgan fingerprint density at radius 1 is 1.19 bits per heavy atom. The van der Waals surface area contributed by atoms with Gasteiger partial charge in [-0.25, -0.2) is 4.79 Å². The van der Waals surface area contributed by atoms with Gasteiger partial charge in [0.25, 0.3) is 0 Å². The summed E-state index contributed by atoms with van der Waals surface area (Å²) in [4.78, 5) is 14.8. The maximum atomic E-state index is 11.4. The van der Waals surface area contributed by atoms with E-state index < -0.39 is 12.1 Å². The Labute approximate surface area is 157 Å². The van der Waals surface area contributed by atoms with Crippen molar-refractivity contribution in [1.29, 1.82) is 0 Å². The molecule has 1 fully saturated rings. The molecule has 0 aliphatic heterocycles. The molecule has 1 saturated carbocycles. The molecule has 0 amide bonds. The average molecular weight is 362 g/mol. The molecule has 0 saturated heterocycles. The number of carboxylic acid groups (broad SMARTS) is 1. The number of aliphatic carboxylic acids is 1.